The Balaban J connectivity index is 1.37. The van der Waals surface area contributed by atoms with Crippen molar-refractivity contribution in [1.82, 2.24) is 19.4 Å². The van der Waals surface area contributed by atoms with Crippen LogP contribution in [0.15, 0.2) is 72.5 Å². The summed E-state index contributed by atoms with van der Waals surface area (Å²) >= 11 is 1.69. The number of ether oxygens (including phenoxy) is 1. The van der Waals surface area contributed by atoms with Gasteiger partial charge in [0.25, 0.3) is 0 Å². The summed E-state index contributed by atoms with van der Waals surface area (Å²) in [6, 6.07) is 16.1. The van der Waals surface area contributed by atoms with Gasteiger partial charge in [-0.25, -0.2) is 19.3 Å². The van der Waals surface area contributed by atoms with E-state index in [0.29, 0.717) is 11.6 Å². The Morgan fingerprint density at radius 2 is 1.86 bits per heavy atom. The molecule has 0 radical (unpaired) electrons. The van der Waals surface area contributed by atoms with E-state index in [1.165, 1.54) is 31.9 Å². The predicted octanol–water partition coefficient (Wildman–Crippen LogP) is 7.53. The number of benzene rings is 1. The van der Waals surface area contributed by atoms with Crippen LogP contribution in [0.4, 0.5) is 16.0 Å². The molecular formula is C29H28FN5OS. The zero-order valence-corrected chi connectivity index (χ0v) is 21.5. The molecule has 37 heavy (non-hydrogen) atoms. The molecule has 6 rings (SSSR count). The highest BCUT2D eigenvalue weighted by atomic mass is 32.1. The maximum absolute atomic E-state index is 14.9. The Morgan fingerprint density at radius 3 is 2.68 bits per heavy atom. The molecule has 4 heterocycles. The molecule has 0 saturated heterocycles. The second kappa shape index (κ2) is 10.3. The van der Waals surface area contributed by atoms with Gasteiger partial charge in [0, 0.05) is 29.9 Å². The van der Waals surface area contributed by atoms with Crippen molar-refractivity contribution in [2.75, 3.05) is 11.9 Å². The van der Waals surface area contributed by atoms with Gasteiger partial charge >= 0.3 is 0 Å². The van der Waals surface area contributed by atoms with E-state index in [9.17, 15) is 4.39 Å². The Hall–Kier alpha value is -3.78. The first-order valence-electron chi connectivity index (χ1n) is 12.7. The van der Waals surface area contributed by atoms with Gasteiger partial charge in [0.05, 0.1) is 24.2 Å². The predicted molar refractivity (Wildman–Crippen MR) is 146 cm³/mol. The monoisotopic (exact) mass is 513 g/mol. The van der Waals surface area contributed by atoms with Gasteiger partial charge in [0.2, 0.25) is 5.95 Å². The third-order valence-electron chi connectivity index (χ3n) is 6.88. The highest BCUT2D eigenvalue weighted by molar-refractivity contribution is 7.13. The molecule has 188 valence electrons. The maximum atomic E-state index is 14.9. The van der Waals surface area contributed by atoms with Crippen LogP contribution in [0.25, 0.3) is 27.5 Å². The molecule has 0 amide bonds. The smallest absolute Gasteiger partial charge is 0.230 e. The number of anilines is 2. The summed E-state index contributed by atoms with van der Waals surface area (Å²) in [4.78, 5) is 16.4. The van der Waals surface area contributed by atoms with E-state index in [-0.39, 0.29) is 11.8 Å². The summed E-state index contributed by atoms with van der Waals surface area (Å²) in [5.74, 6) is 0.738. The summed E-state index contributed by atoms with van der Waals surface area (Å²) in [5, 5.41) is 2.07. The molecule has 6 nitrogen and oxygen atoms in total. The normalized spacial score (nSPS) is 14.5. The lowest BCUT2D eigenvalue weighted by atomic mass is 10.1. The number of hydrogen-bond donors (Lipinski definition) is 0. The van der Waals surface area contributed by atoms with E-state index in [1.54, 1.807) is 17.5 Å². The number of halogens is 1. The van der Waals surface area contributed by atoms with Gasteiger partial charge in [-0.05, 0) is 67.0 Å². The largest absolute Gasteiger partial charge is 0.490 e. The molecule has 1 aliphatic rings. The molecular weight excluding hydrogens is 485 g/mol. The third kappa shape index (κ3) is 4.93. The summed E-state index contributed by atoms with van der Waals surface area (Å²) in [6.45, 7) is 0. The average Bonchev–Trinajstić information content (AvgIpc) is 3.55. The van der Waals surface area contributed by atoms with Crippen molar-refractivity contribution in [3.8, 4) is 27.6 Å². The van der Waals surface area contributed by atoms with Gasteiger partial charge in [-0.2, -0.15) is 0 Å². The van der Waals surface area contributed by atoms with Gasteiger partial charge < -0.3 is 9.64 Å². The number of rotatable bonds is 6. The van der Waals surface area contributed by atoms with Crippen LogP contribution in [0.5, 0.6) is 5.75 Å². The van der Waals surface area contributed by atoms with Crippen molar-refractivity contribution in [3.05, 3.63) is 78.3 Å². The molecule has 1 saturated carbocycles. The number of nitrogens with zero attached hydrogens (tertiary/aromatic N) is 5. The summed E-state index contributed by atoms with van der Waals surface area (Å²) in [6.07, 6.45) is 12.1. The SMILES string of the molecule is CN(c1cc(OC2CCCCCC2)cc(-c2cccs2)c1)c1ncc(F)c(-c2cnc3ccccn23)n1. The van der Waals surface area contributed by atoms with E-state index >= 15 is 0 Å². The van der Waals surface area contributed by atoms with Crippen LogP contribution in [0.3, 0.4) is 0 Å². The van der Waals surface area contributed by atoms with Crippen molar-refractivity contribution in [1.29, 1.82) is 0 Å². The van der Waals surface area contributed by atoms with Gasteiger partial charge in [0.1, 0.15) is 17.1 Å². The first-order chi connectivity index (χ1) is 18.2. The van der Waals surface area contributed by atoms with Crippen molar-refractivity contribution < 1.29 is 9.13 Å². The number of imidazole rings is 1. The Morgan fingerprint density at radius 1 is 1.00 bits per heavy atom. The molecule has 0 atom stereocenters. The second-order valence-electron chi connectivity index (χ2n) is 9.42. The van der Waals surface area contributed by atoms with Crippen LogP contribution < -0.4 is 9.64 Å². The molecule has 0 unspecified atom stereocenters. The molecule has 1 aliphatic carbocycles. The molecule has 0 aliphatic heterocycles. The molecule has 1 aromatic carbocycles. The quantitative estimate of drug-likeness (QED) is 0.220. The molecule has 8 heteroatoms. The van der Waals surface area contributed by atoms with E-state index < -0.39 is 5.82 Å². The lowest BCUT2D eigenvalue weighted by Gasteiger charge is -2.22. The number of aromatic nitrogens is 4. The van der Waals surface area contributed by atoms with Crippen molar-refractivity contribution >= 4 is 28.6 Å². The highest BCUT2D eigenvalue weighted by Crippen LogP contribution is 2.36. The fourth-order valence-electron chi connectivity index (χ4n) is 4.90. The first-order valence-corrected chi connectivity index (χ1v) is 13.6. The van der Waals surface area contributed by atoms with Crippen LogP contribution in [0.2, 0.25) is 0 Å². The number of fused-ring (bicyclic) bond motifs is 1. The molecule has 0 bridgehead atoms. The molecule has 0 N–H and O–H groups in total. The van der Waals surface area contributed by atoms with Crippen LogP contribution in [-0.4, -0.2) is 32.5 Å². The Bertz CT molecular complexity index is 1510. The zero-order valence-electron chi connectivity index (χ0n) is 20.7. The molecule has 0 spiro atoms. The van der Waals surface area contributed by atoms with Gasteiger partial charge in [-0.3, -0.25) is 4.40 Å². The van der Waals surface area contributed by atoms with E-state index in [4.69, 9.17) is 4.74 Å². The van der Waals surface area contributed by atoms with Crippen molar-refractivity contribution in [2.24, 2.45) is 0 Å². The average molecular weight is 514 g/mol. The van der Waals surface area contributed by atoms with Crippen molar-refractivity contribution in [3.63, 3.8) is 0 Å². The third-order valence-corrected chi connectivity index (χ3v) is 7.80. The zero-order chi connectivity index (χ0) is 25.2. The maximum Gasteiger partial charge on any atom is 0.230 e. The lowest BCUT2D eigenvalue weighted by molar-refractivity contribution is 0.184. The Kier molecular flexibility index (Phi) is 6.57. The Labute approximate surface area is 219 Å². The van der Waals surface area contributed by atoms with E-state index in [1.807, 2.05) is 52.9 Å². The van der Waals surface area contributed by atoms with Gasteiger partial charge in [0.15, 0.2) is 5.82 Å². The van der Waals surface area contributed by atoms with E-state index in [2.05, 4.69) is 38.5 Å². The molecule has 4 aromatic heterocycles. The lowest BCUT2D eigenvalue weighted by Crippen LogP contribution is -2.17. The fraction of sp³-hybridized carbons (Fsp3) is 0.276. The second-order valence-corrected chi connectivity index (χ2v) is 10.4. The van der Waals surface area contributed by atoms with Crippen LogP contribution in [-0.2, 0) is 0 Å². The van der Waals surface area contributed by atoms with Crippen LogP contribution in [0, 0.1) is 5.82 Å². The van der Waals surface area contributed by atoms with Crippen LogP contribution >= 0.6 is 11.3 Å². The first kappa shape index (κ1) is 23.6. The standard InChI is InChI=1S/C29H28FN5OS/c1-34(29-32-18-24(30)28(33-29)25-19-31-27-12-6-7-13-35(25)27)21-15-20(26-11-8-14-37-26)16-23(17-21)36-22-9-4-2-3-5-10-22/h6-8,11-19,22H,2-5,9-10H2,1H3. The minimum absolute atomic E-state index is 0.208. The number of thiophene rings is 1. The molecule has 1 fully saturated rings. The summed E-state index contributed by atoms with van der Waals surface area (Å²) < 4.78 is 23.3. The van der Waals surface area contributed by atoms with Gasteiger partial charge in [-0.1, -0.05) is 25.0 Å². The number of hydrogen-bond acceptors (Lipinski definition) is 6. The summed E-state index contributed by atoms with van der Waals surface area (Å²) in [5.41, 5.74) is 3.47. The minimum Gasteiger partial charge on any atom is -0.490 e. The van der Waals surface area contributed by atoms with Gasteiger partial charge in [-0.15, -0.1) is 11.3 Å². The molecule has 5 aromatic rings. The highest BCUT2D eigenvalue weighted by Gasteiger charge is 2.19. The topological polar surface area (TPSA) is 55.5 Å². The fourth-order valence-corrected chi connectivity index (χ4v) is 5.62. The van der Waals surface area contributed by atoms with Crippen LogP contribution in [0.1, 0.15) is 38.5 Å². The summed E-state index contributed by atoms with van der Waals surface area (Å²) in [7, 11) is 1.90. The number of pyridine rings is 1. The van der Waals surface area contributed by atoms with Crippen molar-refractivity contribution in [2.45, 2.75) is 44.6 Å². The minimum atomic E-state index is -0.493. The van der Waals surface area contributed by atoms with E-state index in [0.717, 1.165) is 40.4 Å².